The summed E-state index contributed by atoms with van der Waals surface area (Å²) in [4.78, 5) is 25.7. The van der Waals surface area contributed by atoms with Crippen molar-refractivity contribution in [2.75, 3.05) is 39.8 Å². The maximum absolute atomic E-state index is 12.0. The molecular weight excluding hydrogens is 338 g/mol. The van der Waals surface area contributed by atoms with Crippen LogP contribution in [0.5, 0.6) is 5.75 Å². The van der Waals surface area contributed by atoms with Crippen molar-refractivity contribution < 1.29 is 14.3 Å². The molecule has 0 unspecified atom stereocenters. The zero-order valence-electron chi connectivity index (χ0n) is 11.8. The molecular formula is C14H18BrN3O3. The van der Waals surface area contributed by atoms with Gasteiger partial charge in [0.05, 0.1) is 18.1 Å². The van der Waals surface area contributed by atoms with E-state index in [0.29, 0.717) is 28.9 Å². The molecule has 6 nitrogen and oxygen atoms in total. The smallest absolute Gasteiger partial charge is 0.251 e. The number of hydrogen-bond donors (Lipinski definition) is 2. The van der Waals surface area contributed by atoms with Crippen LogP contribution in [0.2, 0.25) is 0 Å². The summed E-state index contributed by atoms with van der Waals surface area (Å²) < 4.78 is 5.81. The molecule has 1 aliphatic rings. The molecule has 2 rings (SSSR count). The topological polar surface area (TPSA) is 70.7 Å². The Bertz CT molecular complexity index is 530. The van der Waals surface area contributed by atoms with Crippen molar-refractivity contribution in [3.63, 3.8) is 0 Å². The molecule has 114 valence electrons. The largest absolute Gasteiger partial charge is 0.496 e. The number of carbonyl (C=O) groups is 2. The van der Waals surface area contributed by atoms with Crippen LogP contribution in [0.15, 0.2) is 22.7 Å². The van der Waals surface area contributed by atoms with E-state index in [1.54, 1.807) is 30.2 Å². The Hall–Kier alpha value is -1.60. The fourth-order valence-electron chi connectivity index (χ4n) is 2.09. The summed E-state index contributed by atoms with van der Waals surface area (Å²) in [6.45, 7) is 2.98. The molecule has 7 heteroatoms. The first-order chi connectivity index (χ1) is 10.1. The van der Waals surface area contributed by atoms with E-state index in [1.165, 1.54) is 0 Å². The van der Waals surface area contributed by atoms with Gasteiger partial charge in [-0.2, -0.15) is 0 Å². The Morgan fingerprint density at radius 1 is 1.38 bits per heavy atom. The number of piperazine rings is 1. The maximum atomic E-state index is 12.0. The lowest BCUT2D eigenvalue weighted by Crippen LogP contribution is -2.49. The van der Waals surface area contributed by atoms with E-state index in [2.05, 4.69) is 26.6 Å². The minimum Gasteiger partial charge on any atom is -0.496 e. The molecule has 0 spiro atoms. The lowest BCUT2D eigenvalue weighted by molar-refractivity contribution is -0.130. The standard InChI is InChI=1S/C14H18BrN3O3/c1-21-12-3-2-10(8-11(12)15)14(20)17-9-13(19)18-6-4-16-5-7-18/h2-3,8,16H,4-7,9H2,1H3,(H,17,20). The first kappa shape index (κ1) is 15.8. The van der Waals surface area contributed by atoms with E-state index in [0.717, 1.165) is 13.1 Å². The van der Waals surface area contributed by atoms with E-state index in [4.69, 9.17) is 4.74 Å². The zero-order valence-corrected chi connectivity index (χ0v) is 13.4. The summed E-state index contributed by atoms with van der Waals surface area (Å²) >= 11 is 3.33. The van der Waals surface area contributed by atoms with Gasteiger partial charge in [-0.25, -0.2) is 0 Å². The maximum Gasteiger partial charge on any atom is 0.251 e. The number of benzene rings is 1. The van der Waals surface area contributed by atoms with Crippen LogP contribution in [0, 0.1) is 0 Å². The van der Waals surface area contributed by atoms with Gasteiger partial charge in [-0.1, -0.05) is 0 Å². The van der Waals surface area contributed by atoms with Gasteiger partial charge in [0.2, 0.25) is 5.91 Å². The quantitative estimate of drug-likeness (QED) is 0.830. The average molecular weight is 356 g/mol. The van der Waals surface area contributed by atoms with Crippen molar-refractivity contribution >= 4 is 27.7 Å². The van der Waals surface area contributed by atoms with Crippen LogP contribution in [0.3, 0.4) is 0 Å². The van der Waals surface area contributed by atoms with Gasteiger partial charge in [-0.15, -0.1) is 0 Å². The zero-order chi connectivity index (χ0) is 15.2. The minimum absolute atomic E-state index is 0.0164. The molecule has 1 aromatic rings. The van der Waals surface area contributed by atoms with Gasteiger partial charge in [-0.3, -0.25) is 9.59 Å². The number of nitrogens with one attached hydrogen (secondary N) is 2. The number of rotatable bonds is 4. The molecule has 2 amide bonds. The highest BCUT2D eigenvalue weighted by Gasteiger charge is 2.17. The minimum atomic E-state index is -0.276. The van der Waals surface area contributed by atoms with Gasteiger partial charge in [-0.05, 0) is 34.1 Å². The molecule has 2 N–H and O–H groups in total. The highest BCUT2D eigenvalue weighted by molar-refractivity contribution is 9.10. The van der Waals surface area contributed by atoms with Crippen LogP contribution in [-0.4, -0.2) is 56.5 Å². The summed E-state index contributed by atoms with van der Waals surface area (Å²) in [5.41, 5.74) is 0.482. The summed E-state index contributed by atoms with van der Waals surface area (Å²) in [5, 5.41) is 5.83. The van der Waals surface area contributed by atoms with Crippen LogP contribution in [-0.2, 0) is 4.79 Å². The molecule has 0 atom stereocenters. The van der Waals surface area contributed by atoms with Crippen molar-refractivity contribution in [1.82, 2.24) is 15.5 Å². The van der Waals surface area contributed by atoms with Gasteiger partial charge in [0.25, 0.3) is 5.91 Å². The molecule has 1 aromatic carbocycles. The van der Waals surface area contributed by atoms with E-state index in [1.807, 2.05) is 0 Å². The monoisotopic (exact) mass is 355 g/mol. The SMILES string of the molecule is COc1ccc(C(=O)NCC(=O)N2CCNCC2)cc1Br. The van der Waals surface area contributed by atoms with Crippen molar-refractivity contribution in [3.8, 4) is 5.75 Å². The number of halogens is 1. The third-order valence-corrected chi connectivity index (χ3v) is 3.90. The third kappa shape index (κ3) is 4.18. The summed E-state index contributed by atoms with van der Waals surface area (Å²) in [5.74, 6) is 0.322. The molecule has 1 saturated heterocycles. The van der Waals surface area contributed by atoms with Gasteiger partial charge >= 0.3 is 0 Å². The fraction of sp³-hybridized carbons (Fsp3) is 0.429. The molecule has 0 aromatic heterocycles. The first-order valence-corrected chi connectivity index (χ1v) is 7.51. The molecule has 0 aliphatic carbocycles. The van der Waals surface area contributed by atoms with Crippen LogP contribution >= 0.6 is 15.9 Å². The van der Waals surface area contributed by atoms with Gasteiger partial charge in [0.1, 0.15) is 5.75 Å². The molecule has 1 heterocycles. The Morgan fingerprint density at radius 2 is 2.10 bits per heavy atom. The Labute approximate surface area is 132 Å². The predicted molar refractivity (Wildman–Crippen MR) is 82.5 cm³/mol. The third-order valence-electron chi connectivity index (χ3n) is 3.28. The number of methoxy groups -OCH3 is 1. The number of amides is 2. The van der Waals surface area contributed by atoms with E-state index < -0.39 is 0 Å². The van der Waals surface area contributed by atoms with Gasteiger partial charge in [0.15, 0.2) is 0 Å². The van der Waals surface area contributed by atoms with Crippen LogP contribution in [0.4, 0.5) is 0 Å². The lowest BCUT2D eigenvalue weighted by atomic mass is 10.2. The Balaban J connectivity index is 1.89. The van der Waals surface area contributed by atoms with E-state index in [9.17, 15) is 9.59 Å². The van der Waals surface area contributed by atoms with Crippen molar-refractivity contribution in [1.29, 1.82) is 0 Å². The van der Waals surface area contributed by atoms with Crippen molar-refractivity contribution in [2.45, 2.75) is 0 Å². The number of hydrogen-bond acceptors (Lipinski definition) is 4. The molecule has 0 saturated carbocycles. The molecule has 0 radical (unpaired) electrons. The Morgan fingerprint density at radius 3 is 2.71 bits per heavy atom. The second-order valence-corrected chi connectivity index (χ2v) is 5.52. The van der Waals surface area contributed by atoms with Crippen LogP contribution in [0.25, 0.3) is 0 Å². The lowest BCUT2D eigenvalue weighted by Gasteiger charge is -2.27. The highest BCUT2D eigenvalue weighted by atomic mass is 79.9. The van der Waals surface area contributed by atoms with Crippen molar-refractivity contribution in [2.24, 2.45) is 0 Å². The summed E-state index contributed by atoms with van der Waals surface area (Å²) in [6.07, 6.45) is 0. The van der Waals surface area contributed by atoms with Gasteiger partial charge in [0, 0.05) is 31.7 Å². The van der Waals surface area contributed by atoms with Crippen LogP contribution < -0.4 is 15.4 Å². The summed E-state index contributed by atoms with van der Waals surface area (Å²) in [7, 11) is 1.56. The molecule has 0 bridgehead atoms. The summed E-state index contributed by atoms with van der Waals surface area (Å²) in [6, 6.07) is 5.04. The van der Waals surface area contributed by atoms with E-state index >= 15 is 0 Å². The first-order valence-electron chi connectivity index (χ1n) is 6.72. The molecule has 21 heavy (non-hydrogen) atoms. The second kappa shape index (κ2) is 7.42. The van der Waals surface area contributed by atoms with E-state index in [-0.39, 0.29) is 18.4 Å². The number of carbonyl (C=O) groups excluding carboxylic acids is 2. The number of nitrogens with zero attached hydrogens (tertiary/aromatic N) is 1. The average Bonchev–Trinajstić information content (AvgIpc) is 2.53. The van der Waals surface area contributed by atoms with Crippen molar-refractivity contribution in [3.05, 3.63) is 28.2 Å². The second-order valence-electron chi connectivity index (χ2n) is 4.66. The molecule has 1 aliphatic heterocycles. The number of ether oxygens (including phenoxy) is 1. The normalized spacial score (nSPS) is 14.7. The van der Waals surface area contributed by atoms with Gasteiger partial charge < -0.3 is 20.3 Å². The Kier molecular flexibility index (Phi) is 5.58. The fourth-order valence-corrected chi connectivity index (χ4v) is 2.63. The molecule has 1 fully saturated rings. The predicted octanol–water partition coefficient (Wildman–Crippen LogP) is 0.619. The highest BCUT2D eigenvalue weighted by Crippen LogP contribution is 2.25. The van der Waals surface area contributed by atoms with Crippen LogP contribution in [0.1, 0.15) is 10.4 Å².